The number of hydrogen-bond donors (Lipinski definition) is 2. The Kier molecular flexibility index (Phi) is 7.39. The van der Waals surface area contributed by atoms with Crippen molar-refractivity contribution in [3.05, 3.63) is 93.5 Å². The number of methoxy groups -OCH3 is 1. The fourth-order valence-electron chi connectivity index (χ4n) is 2.97. The van der Waals surface area contributed by atoms with Gasteiger partial charge >= 0.3 is 5.97 Å². The number of amides is 1. The molecule has 8 heteroatoms. The number of nitrogens with two attached hydrogens (primary N) is 1. The van der Waals surface area contributed by atoms with Crippen LogP contribution in [0.2, 0.25) is 10.0 Å². The van der Waals surface area contributed by atoms with Crippen LogP contribution in [0.3, 0.4) is 0 Å². The molecule has 0 aliphatic heterocycles. The van der Waals surface area contributed by atoms with Crippen LogP contribution in [0.5, 0.6) is 5.75 Å². The molecule has 0 heterocycles. The Morgan fingerprint density at radius 1 is 1.00 bits per heavy atom. The normalized spacial score (nSPS) is 11.5. The largest absolute Gasteiger partial charge is 0.496 e. The quantitative estimate of drug-likeness (QED) is 0.397. The molecule has 3 rings (SSSR count). The second kappa shape index (κ2) is 10.2. The first-order chi connectivity index (χ1) is 14.9. The zero-order valence-corrected chi connectivity index (χ0v) is 18.1. The van der Waals surface area contributed by atoms with Gasteiger partial charge in [0.15, 0.2) is 6.61 Å². The molecule has 1 atom stereocenters. The van der Waals surface area contributed by atoms with Crippen molar-refractivity contribution in [2.75, 3.05) is 19.5 Å². The van der Waals surface area contributed by atoms with Crippen molar-refractivity contribution in [3.63, 3.8) is 0 Å². The molecule has 0 spiro atoms. The molecule has 0 fully saturated rings. The molecule has 0 aromatic heterocycles. The number of anilines is 1. The molecule has 0 saturated heterocycles. The summed E-state index contributed by atoms with van der Waals surface area (Å²) in [6, 6.07) is 18.9. The van der Waals surface area contributed by atoms with E-state index in [0.29, 0.717) is 5.02 Å². The summed E-state index contributed by atoms with van der Waals surface area (Å²) in [5, 5.41) is 3.66. The molecule has 1 amide bonds. The minimum Gasteiger partial charge on any atom is -0.496 e. The van der Waals surface area contributed by atoms with Gasteiger partial charge in [-0.05, 0) is 29.3 Å². The topological polar surface area (TPSA) is 90.7 Å². The van der Waals surface area contributed by atoms with Gasteiger partial charge in [0, 0.05) is 11.1 Å². The molecule has 0 bridgehead atoms. The smallest absolute Gasteiger partial charge is 0.342 e. The minimum atomic E-state index is -0.753. The Morgan fingerprint density at radius 2 is 1.65 bits per heavy atom. The third-order valence-electron chi connectivity index (χ3n) is 4.51. The fourth-order valence-corrected chi connectivity index (χ4v) is 3.26. The highest BCUT2D eigenvalue weighted by Gasteiger charge is 2.20. The molecule has 3 aromatic carbocycles. The van der Waals surface area contributed by atoms with E-state index in [4.69, 9.17) is 38.4 Å². The van der Waals surface area contributed by atoms with Gasteiger partial charge in [-0.25, -0.2) is 4.79 Å². The summed E-state index contributed by atoms with van der Waals surface area (Å²) in [4.78, 5) is 25.0. The van der Waals surface area contributed by atoms with Gasteiger partial charge in [0.25, 0.3) is 5.91 Å². The Labute approximate surface area is 189 Å². The lowest BCUT2D eigenvalue weighted by molar-refractivity contribution is -0.124. The molecule has 0 radical (unpaired) electrons. The SMILES string of the molecule is COc1cc(N)c(Cl)cc1C(=O)OCC(=O)N[C@@H](c1ccccc1)c1ccc(Cl)cc1. The molecule has 0 unspecified atom stereocenters. The number of carbonyl (C=O) groups is 2. The van der Waals surface area contributed by atoms with Crippen molar-refractivity contribution >= 4 is 40.8 Å². The lowest BCUT2D eigenvalue weighted by Gasteiger charge is -2.20. The summed E-state index contributed by atoms with van der Waals surface area (Å²) in [6.45, 7) is -0.485. The minimum absolute atomic E-state index is 0.0758. The Balaban J connectivity index is 1.72. The van der Waals surface area contributed by atoms with E-state index in [2.05, 4.69) is 5.32 Å². The van der Waals surface area contributed by atoms with Gasteiger partial charge < -0.3 is 20.5 Å². The van der Waals surface area contributed by atoms with Crippen molar-refractivity contribution in [3.8, 4) is 5.75 Å². The van der Waals surface area contributed by atoms with Gasteiger partial charge in [0.1, 0.15) is 11.3 Å². The third-order valence-corrected chi connectivity index (χ3v) is 5.09. The first kappa shape index (κ1) is 22.5. The average molecular weight is 459 g/mol. The van der Waals surface area contributed by atoms with Gasteiger partial charge in [-0.2, -0.15) is 0 Å². The Hall–Kier alpha value is -3.22. The molecule has 0 aliphatic carbocycles. The van der Waals surface area contributed by atoms with Gasteiger partial charge in [-0.15, -0.1) is 0 Å². The first-order valence-electron chi connectivity index (χ1n) is 9.29. The van der Waals surface area contributed by atoms with E-state index in [0.717, 1.165) is 11.1 Å². The van der Waals surface area contributed by atoms with Crippen molar-refractivity contribution < 1.29 is 19.1 Å². The second-order valence-electron chi connectivity index (χ2n) is 6.61. The van der Waals surface area contributed by atoms with Crippen molar-refractivity contribution in [1.82, 2.24) is 5.32 Å². The van der Waals surface area contributed by atoms with Crippen LogP contribution in [0.25, 0.3) is 0 Å². The number of halogens is 2. The maximum Gasteiger partial charge on any atom is 0.342 e. The Bertz CT molecular complexity index is 1070. The van der Waals surface area contributed by atoms with E-state index in [1.54, 1.807) is 12.1 Å². The maximum atomic E-state index is 12.6. The molecule has 0 saturated carbocycles. The Morgan fingerprint density at radius 3 is 2.29 bits per heavy atom. The van der Waals surface area contributed by atoms with E-state index in [1.165, 1.54) is 19.2 Å². The number of esters is 1. The predicted octanol–water partition coefficient (Wildman–Crippen LogP) is 4.65. The predicted molar refractivity (Wildman–Crippen MR) is 121 cm³/mol. The number of nitrogen functional groups attached to an aromatic ring is 1. The summed E-state index contributed by atoms with van der Waals surface area (Å²) < 4.78 is 10.3. The van der Waals surface area contributed by atoms with Gasteiger partial charge in [0.2, 0.25) is 0 Å². The summed E-state index contributed by atoms with van der Waals surface area (Å²) >= 11 is 12.0. The summed E-state index contributed by atoms with van der Waals surface area (Å²) in [5.74, 6) is -1.02. The number of nitrogens with one attached hydrogen (secondary N) is 1. The van der Waals surface area contributed by atoms with Gasteiger partial charge in [-0.3, -0.25) is 4.79 Å². The highest BCUT2D eigenvalue weighted by molar-refractivity contribution is 6.33. The summed E-state index contributed by atoms with van der Waals surface area (Å²) in [6.07, 6.45) is 0. The van der Waals surface area contributed by atoms with Crippen molar-refractivity contribution in [2.24, 2.45) is 0 Å². The fraction of sp³-hybridized carbons (Fsp3) is 0.130. The monoisotopic (exact) mass is 458 g/mol. The molecule has 31 heavy (non-hydrogen) atoms. The molecule has 0 aliphatic rings. The lowest BCUT2D eigenvalue weighted by atomic mass is 9.99. The lowest BCUT2D eigenvalue weighted by Crippen LogP contribution is -2.33. The van der Waals surface area contributed by atoms with E-state index < -0.39 is 24.5 Å². The standard InChI is InChI=1S/C23H20Cl2N2O4/c1-30-20-12-19(26)18(25)11-17(20)23(29)31-13-21(28)27-22(14-5-3-2-4-6-14)15-7-9-16(24)10-8-15/h2-12,22H,13,26H2,1H3,(H,27,28)/t22-/m0/s1. The van der Waals surface area contributed by atoms with Crippen LogP contribution in [0, 0.1) is 0 Å². The van der Waals surface area contributed by atoms with Crippen LogP contribution in [0.15, 0.2) is 66.7 Å². The zero-order valence-electron chi connectivity index (χ0n) is 16.6. The molecule has 6 nitrogen and oxygen atoms in total. The molecule has 3 N–H and O–H groups in total. The van der Waals surface area contributed by atoms with E-state index in [-0.39, 0.29) is 22.0 Å². The van der Waals surface area contributed by atoms with Crippen LogP contribution in [-0.4, -0.2) is 25.6 Å². The number of carbonyl (C=O) groups excluding carboxylic acids is 2. The van der Waals surface area contributed by atoms with Crippen LogP contribution in [-0.2, 0) is 9.53 Å². The second-order valence-corrected chi connectivity index (χ2v) is 7.46. The van der Waals surface area contributed by atoms with Gasteiger partial charge in [-0.1, -0.05) is 65.7 Å². The van der Waals surface area contributed by atoms with Crippen molar-refractivity contribution in [2.45, 2.75) is 6.04 Å². The average Bonchev–Trinajstić information content (AvgIpc) is 2.78. The van der Waals surface area contributed by atoms with Crippen LogP contribution < -0.4 is 15.8 Å². The molecular weight excluding hydrogens is 439 g/mol. The zero-order chi connectivity index (χ0) is 22.4. The van der Waals surface area contributed by atoms with Crippen LogP contribution in [0.1, 0.15) is 27.5 Å². The number of benzene rings is 3. The molecule has 160 valence electrons. The maximum absolute atomic E-state index is 12.6. The van der Waals surface area contributed by atoms with E-state index in [1.807, 2.05) is 42.5 Å². The van der Waals surface area contributed by atoms with Crippen molar-refractivity contribution in [1.29, 1.82) is 0 Å². The summed E-state index contributed by atoms with van der Waals surface area (Å²) in [5.41, 5.74) is 7.77. The first-order valence-corrected chi connectivity index (χ1v) is 10.0. The third kappa shape index (κ3) is 5.69. The highest BCUT2D eigenvalue weighted by Crippen LogP contribution is 2.29. The van der Waals surface area contributed by atoms with E-state index in [9.17, 15) is 9.59 Å². The number of rotatable bonds is 7. The highest BCUT2D eigenvalue weighted by atomic mass is 35.5. The van der Waals surface area contributed by atoms with Gasteiger partial charge in [0.05, 0.1) is 23.9 Å². The van der Waals surface area contributed by atoms with Crippen LogP contribution in [0.4, 0.5) is 5.69 Å². The molecular formula is C23H20Cl2N2O4. The molecule has 3 aromatic rings. The van der Waals surface area contributed by atoms with Crippen LogP contribution >= 0.6 is 23.2 Å². The number of hydrogen-bond acceptors (Lipinski definition) is 5. The summed E-state index contributed by atoms with van der Waals surface area (Å²) in [7, 11) is 1.39. The number of ether oxygens (including phenoxy) is 2. The van der Waals surface area contributed by atoms with E-state index >= 15 is 0 Å².